The zero-order chi connectivity index (χ0) is 15.9. The second kappa shape index (κ2) is 7.38. The number of rotatable bonds is 6. The van der Waals surface area contributed by atoms with Gasteiger partial charge in [-0.2, -0.15) is 4.98 Å². The van der Waals surface area contributed by atoms with Crippen LogP contribution in [0, 0.1) is 0 Å². The summed E-state index contributed by atoms with van der Waals surface area (Å²) >= 11 is 0. The van der Waals surface area contributed by atoms with Crippen LogP contribution in [0.15, 0.2) is 66.7 Å². The third-order valence-corrected chi connectivity index (χ3v) is 3.24. The number of hydrogen-bond acceptors (Lipinski definition) is 5. The van der Waals surface area contributed by atoms with Gasteiger partial charge in [0.2, 0.25) is 5.95 Å². The summed E-state index contributed by atoms with van der Waals surface area (Å²) in [6, 6.07) is 21.7. The number of anilines is 3. The quantitative estimate of drug-likeness (QED) is 0.652. The Balaban J connectivity index is 1.94. The average Bonchev–Trinajstić information content (AvgIpc) is 2.61. The minimum absolute atomic E-state index is 0.0281. The van der Waals surface area contributed by atoms with Crippen molar-refractivity contribution in [2.45, 2.75) is 0 Å². The van der Waals surface area contributed by atoms with Crippen molar-refractivity contribution in [1.82, 2.24) is 9.97 Å². The lowest BCUT2D eigenvalue weighted by atomic mass is 10.1. The van der Waals surface area contributed by atoms with Crippen molar-refractivity contribution in [2.75, 3.05) is 23.8 Å². The molecule has 0 saturated heterocycles. The largest absolute Gasteiger partial charge is 0.395 e. The lowest BCUT2D eigenvalue weighted by molar-refractivity contribution is 0.311. The van der Waals surface area contributed by atoms with E-state index in [0.29, 0.717) is 18.3 Å². The van der Waals surface area contributed by atoms with Gasteiger partial charge in [0.05, 0.1) is 12.3 Å². The van der Waals surface area contributed by atoms with Crippen LogP contribution in [0.1, 0.15) is 0 Å². The fraction of sp³-hybridized carbons (Fsp3) is 0.111. The third-order valence-electron chi connectivity index (χ3n) is 3.24. The molecule has 0 aliphatic heterocycles. The number of benzene rings is 2. The smallest absolute Gasteiger partial charge is 0.225 e. The molecule has 0 aliphatic carbocycles. The molecule has 1 heterocycles. The number of aromatic nitrogens is 2. The zero-order valence-electron chi connectivity index (χ0n) is 12.6. The molecular weight excluding hydrogens is 288 g/mol. The highest BCUT2D eigenvalue weighted by Crippen LogP contribution is 2.23. The van der Waals surface area contributed by atoms with Gasteiger partial charge in [-0.3, -0.25) is 0 Å². The van der Waals surface area contributed by atoms with E-state index < -0.39 is 0 Å². The van der Waals surface area contributed by atoms with E-state index in [4.69, 9.17) is 5.11 Å². The van der Waals surface area contributed by atoms with E-state index in [1.165, 1.54) is 0 Å². The molecule has 0 amide bonds. The minimum Gasteiger partial charge on any atom is -0.395 e. The van der Waals surface area contributed by atoms with Crippen LogP contribution in [0.2, 0.25) is 0 Å². The molecule has 0 fully saturated rings. The van der Waals surface area contributed by atoms with E-state index in [9.17, 15) is 0 Å². The Bertz CT molecular complexity index is 747. The number of nitrogens with one attached hydrogen (secondary N) is 2. The molecule has 0 spiro atoms. The standard InChI is InChI=1S/C18H18N4O/c23-12-11-19-18-21-16(14-7-3-1-4-8-14)13-17(22-18)20-15-9-5-2-6-10-15/h1-10,13,23H,11-12H2,(H2,19,20,21,22). The Labute approximate surface area is 135 Å². The predicted molar refractivity (Wildman–Crippen MR) is 92.8 cm³/mol. The molecule has 0 atom stereocenters. The van der Waals surface area contributed by atoms with Gasteiger partial charge in [0.1, 0.15) is 5.82 Å². The van der Waals surface area contributed by atoms with Crippen molar-refractivity contribution >= 4 is 17.5 Å². The molecule has 3 N–H and O–H groups in total. The molecule has 0 aliphatic rings. The second-order valence-electron chi connectivity index (χ2n) is 4.97. The maximum atomic E-state index is 8.98. The predicted octanol–water partition coefficient (Wildman–Crippen LogP) is 3.29. The molecule has 1 aromatic heterocycles. The first kappa shape index (κ1) is 15.0. The minimum atomic E-state index is 0.0281. The molecule has 116 valence electrons. The lowest BCUT2D eigenvalue weighted by Gasteiger charge is -2.11. The average molecular weight is 306 g/mol. The van der Waals surface area contributed by atoms with E-state index in [0.717, 1.165) is 16.9 Å². The fourth-order valence-corrected chi connectivity index (χ4v) is 2.18. The molecule has 2 aromatic carbocycles. The van der Waals surface area contributed by atoms with Gasteiger partial charge in [-0.1, -0.05) is 48.5 Å². The highest BCUT2D eigenvalue weighted by Gasteiger charge is 2.07. The van der Waals surface area contributed by atoms with E-state index >= 15 is 0 Å². The molecule has 0 radical (unpaired) electrons. The van der Waals surface area contributed by atoms with E-state index in [-0.39, 0.29) is 6.61 Å². The summed E-state index contributed by atoms with van der Waals surface area (Å²) in [5, 5.41) is 15.3. The van der Waals surface area contributed by atoms with E-state index in [1.807, 2.05) is 66.7 Å². The third kappa shape index (κ3) is 4.05. The molecule has 0 unspecified atom stereocenters. The Morgan fingerprint density at radius 2 is 1.57 bits per heavy atom. The van der Waals surface area contributed by atoms with E-state index in [2.05, 4.69) is 20.6 Å². The van der Waals surface area contributed by atoms with Crippen molar-refractivity contribution in [3.8, 4) is 11.3 Å². The van der Waals surface area contributed by atoms with Gasteiger partial charge < -0.3 is 15.7 Å². The molecular formula is C18H18N4O. The zero-order valence-corrected chi connectivity index (χ0v) is 12.6. The van der Waals surface area contributed by atoms with Gasteiger partial charge >= 0.3 is 0 Å². The van der Waals surface area contributed by atoms with Crippen LogP contribution in [-0.2, 0) is 0 Å². The number of aliphatic hydroxyl groups excluding tert-OH is 1. The van der Waals surface area contributed by atoms with Gasteiger partial charge in [-0.15, -0.1) is 0 Å². The second-order valence-corrected chi connectivity index (χ2v) is 4.97. The number of nitrogens with zero attached hydrogens (tertiary/aromatic N) is 2. The van der Waals surface area contributed by atoms with Crippen LogP contribution in [0.25, 0.3) is 11.3 Å². The highest BCUT2D eigenvalue weighted by molar-refractivity contribution is 5.67. The summed E-state index contributed by atoms with van der Waals surface area (Å²) in [5.74, 6) is 1.18. The summed E-state index contributed by atoms with van der Waals surface area (Å²) < 4.78 is 0. The maximum absolute atomic E-state index is 8.98. The van der Waals surface area contributed by atoms with Crippen molar-refractivity contribution < 1.29 is 5.11 Å². The van der Waals surface area contributed by atoms with Crippen molar-refractivity contribution in [3.63, 3.8) is 0 Å². The van der Waals surface area contributed by atoms with Crippen LogP contribution >= 0.6 is 0 Å². The fourth-order valence-electron chi connectivity index (χ4n) is 2.18. The van der Waals surface area contributed by atoms with Crippen LogP contribution in [0.3, 0.4) is 0 Å². The Morgan fingerprint density at radius 1 is 0.870 bits per heavy atom. The molecule has 3 aromatic rings. The van der Waals surface area contributed by atoms with Gasteiger partial charge in [0, 0.05) is 23.9 Å². The Morgan fingerprint density at radius 3 is 2.26 bits per heavy atom. The van der Waals surface area contributed by atoms with Gasteiger partial charge in [0.25, 0.3) is 0 Å². The summed E-state index contributed by atoms with van der Waals surface area (Å²) in [7, 11) is 0. The van der Waals surface area contributed by atoms with Crippen molar-refractivity contribution in [1.29, 1.82) is 0 Å². The number of para-hydroxylation sites is 1. The molecule has 3 rings (SSSR count). The van der Waals surface area contributed by atoms with Crippen LogP contribution < -0.4 is 10.6 Å². The van der Waals surface area contributed by atoms with Crippen molar-refractivity contribution in [3.05, 3.63) is 66.7 Å². The molecule has 5 heteroatoms. The SMILES string of the molecule is OCCNc1nc(Nc2ccccc2)cc(-c2ccccc2)n1. The summed E-state index contributed by atoms with van der Waals surface area (Å²) in [6.45, 7) is 0.434. The first-order valence-corrected chi connectivity index (χ1v) is 7.46. The maximum Gasteiger partial charge on any atom is 0.225 e. The molecule has 23 heavy (non-hydrogen) atoms. The number of aliphatic hydroxyl groups is 1. The summed E-state index contributed by atoms with van der Waals surface area (Å²) in [6.07, 6.45) is 0. The highest BCUT2D eigenvalue weighted by atomic mass is 16.3. The van der Waals surface area contributed by atoms with Crippen LogP contribution in [0.5, 0.6) is 0 Å². The van der Waals surface area contributed by atoms with Gasteiger partial charge in [0.15, 0.2) is 0 Å². The van der Waals surface area contributed by atoms with Crippen LogP contribution in [-0.4, -0.2) is 28.2 Å². The normalized spacial score (nSPS) is 10.3. The first-order chi connectivity index (χ1) is 11.3. The molecule has 5 nitrogen and oxygen atoms in total. The summed E-state index contributed by atoms with van der Waals surface area (Å²) in [4.78, 5) is 8.96. The molecule has 0 bridgehead atoms. The topological polar surface area (TPSA) is 70.1 Å². The lowest BCUT2D eigenvalue weighted by Crippen LogP contribution is -2.10. The van der Waals surface area contributed by atoms with Crippen molar-refractivity contribution in [2.24, 2.45) is 0 Å². The van der Waals surface area contributed by atoms with Gasteiger partial charge in [-0.25, -0.2) is 4.98 Å². The summed E-state index contributed by atoms with van der Waals surface area (Å²) in [5.41, 5.74) is 2.79. The first-order valence-electron chi connectivity index (χ1n) is 7.46. The monoisotopic (exact) mass is 306 g/mol. The Hall–Kier alpha value is -2.92. The van der Waals surface area contributed by atoms with E-state index in [1.54, 1.807) is 0 Å². The van der Waals surface area contributed by atoms with Crippen LogP contribution in [0.4, 0.5) is 17.5 Å². The number of hydrogen-bond donors (Lipinski definition) is 3. The molecule has 0 saturated carbocycles. The Kier molecular flexibility index (Phi) is 4.81. The van der Waals surface area contributed by atoms with Gasteiger partial charge in [-0.05, 0) is 12.1 Å².